The highest BCUT2D eigenvalue weighted by Crippen LogP contribution is 2.40. The van der Waals surface area contributed by atoms with Crippen LogP contribution in [0.2, 0.25) is 0 Å². The first-order chi connectivity index (χ1) is 10.6. The third-order valence-corrected chi connectivity index (χ3v) is 4.01. The Morgan fingerprint density at radius 2 is 1.83 bits per heavy atom. The van der Waals surface area contributed by atoms with Crippen molar-refractivity contribution in [2.45, 2.75) is 12.0 Å². The molecular formula is C15H21ClF2N2O3. The Bertz CT molecular complexity index is 527. The molecule has 0 amide bonds. The number of aliphatic hydroxyl groups is 1. The van der Waals surface area contributed by atoms with E-state index in [0.29, 0.717) is 56.5 Å². The van der Waals surface area contributed by atoms with Gasteiger partial charge in [0.2, 0.25) is 0 Å². The highest BCUT2D eigenvalue weighted by Gasteiger charge is 2.44. The van der Waals surface area contributed by atoms with E-state index in [4.69, 9.17) is 14.6 Å². The number of halogens is 3. The van der Waals surface area contributed by atoms with E-state index in [9.17, 15) is 8.78 Å². The van der Waals surface area contributed by atoms with E-state index < -0.39 is 18.6 Å². The van der Waals surface area contributed by atoms with Crippen LogP contribution in [0, 0.1) is 0 Å². The van der Waals surface area contributed by atoms with E-state index in [1.165, 1.54) is 0 Å². The highest BCUT2D eigenvalue weighted by molar-refractivity contribution is 5.85. The molecule has 0 saturated carbocycles. The summed E-state index contributed by atoms with van der Waals surface area (Å²) in [5.74, 6) is -2.17. The standard InChI is InChI=1S/C15H20F2N2O3.ClH/c16-15(17,10-20)14(19-5-3-18-4-6-19)11-1-2-12-13(9-11)22-8-7-21-12;/h1-2,9,14,18,20H,3-8,10H2;1H/t14-;/m0./s1. The Morgan fingerprint density at radius 1 is 1.17 bits per heavy atom. The third kappa shape index (κ3) is 3.85. The Morgan fingerprint density at radius 3 is 2.48 bits per heavy atom. The molecule has 0 bridgehead atoms. The van der Waals surface area contributed by atoms with Crippen molar-refractivity contribution in [3.8, 4) is 11.5 Å². The van der Waals surface area contributed by atoms with Gasteiger partial charge < -0.3 is 19.9 Å². The summed E-state index contributed by atoms with van der Waals surface area (Å²) in [4.78, 5) is 1.71. The van der Waals surface area contributed by atoms with Crippen LogP contribution in [0.15, 0.2) is 18.2 Å². The summed E-state index contributed by atoms with van der Waals surface area (Å²) in [6, 6.07) is 3.72. The minimum atomic E-state index is -3.22. The predicted molar refractivity (Wildman–Crippen MR) is 83.9 cm³/mol. The van der Waals surface area contributed by atoms with Gasteiger partial charge in [-0.05, 0) is 17.7 Å². The van der Waals surface area contributed by atoms with E-state index in [1.807, 2.05) is 0 Å². The second-order valence-corrected chi connectivity index (χ2v) is 5.51. The third-order valence-electron chi connectivity index (χ3n) is 4.01. The van der Waals surface area contributed by atoms with Crippen LogP contribution >= 0.6 is 12.4 Å². The second kappa shape index (κ2) is 7.61. The van der Waals surface area contributed by atoms with Crippen LogP contribution in [0.4, 0.5) is 8.78 Å². The largest absolute Gasteiger partial charge is 0.486 e. The SMILES string of the molecule is Cl.OCC(F)(F)[C@H](c1ccc2c(c1)OCCO2)N1CCNCC1. The Hall–Kier alpha value is -1.15. The molecule has 0 unspecified atom stereocenters. The quantitative estimate of drug-likeness (QED) is 0.861. The molecule has 3 rings (SSSR count). The normalized spacial score (nSPS) is 19.8. The van der Waals surface area contributed by atoms with Crippen molar-refractivity contribution in [1.82, 2.24) is 10.2 Å². The zero-order valence-electron chi connectivity index (χ0n) is 12.6. The van der Waals surface area contributed by atoms with Crippen LogP contribution in [0.25, 0.3) is 0 Å². The number of fused-ring (bicyclic) bond motifs is 1. The first kappa shape index (κ1) is 18.2. The zero-order valence-corrected chi connectivity index (χ0v) is 13.5. The van der Waals surface area contributed by atoms with Crippen molar-refractivity contribution in [1.29, 1.82) is 0 Å². The topological polar surface area (TPSA) is 54.0 Å². The fourth-order valence-corrected chi connectivity index (χ4v) is 2.98. The van der Waals surface area contributed by atoms with Crippen molar-refractivity contribution < 1.29 is 23.4 Å². The van der Waals surface area contributed by atoms with Gasteiger partial charge >= 0.3 is 0 Å². The molecule has 2 aliphatic rings. The van der Waals surface area contributed by atoms with Gasteiger partial charge in [-0.2, -0.15) is 0 Å². The predicted octanol–water partition coefficient (Wildman–Crippen LogP) is 1.45. The van der Waals surface area contributed by atoms with Crippen molar-refractivity contribution in [3.05, 3.63) is 23.8 Å². The monoisotopic (exact) mass is 350 g/mol. The van der Waals surface area contributed by atoms with Gasteiger partial charge in [-0.25, -0.2) is 8.78 Å². The van der Waals surface area contributed by atoms with Gasteiger partial charge in [0, 0.05) is 26.2 Å². The molecule has 2 N–H and O–H groups in total. The van der Waals surface area contributed by atoms with E-state index in [0.717, 1.165) is 0 Å². The maximum absolute atomic E-state index is 14.3. The van der Waals surface area contributed by atoms with Gasteiger partial charge in [0.1, 0.15) is 25.9 Å². The Balaban J connectivity index is 0.00000192. The number of aliphatic hydroxyl groups excluding tert-OH is 1. The number of hydrogen-bond donors (Lipinski definition) is 2. The van der Waals surface area contributed by atoms with Crippen LogP contribution in [0.5, 0.6) is 11.5 Å². The number of ether oxygens (including phenoxy) is 2. The Labute approximate surface area is 140 Å². The molecule has 1 fully saturated rings. The molecule has 1 aromatic carbocycles. The number of nitrogens with one attached hydrogen (secondary N) is 1. The molecule has 5 nitrogen and oxygen atoms in total. The van der Waals surface area contributed by atoms with Crippen molar-refractivity contribution in [2.24, 2.45) is 0 Å². The molecule has 0 spiro atoms. The molecule has 0 aliphatic carbocycles. The summed E-state index contributed by atoms with van der Waals surface area (Å²) < 4.78 is 39.6. The highest BCUT2D eigenvalue weighted by atomic mass is 35.5. The smallest absolute Gasteiger partial charge is 0.289 e. The van der Waals surface area contributed by atoms with Crippen LogP contribution in [0.1, 0.15) is 11.6 Å². The molecule has 0 radical (unpaired) electrons. The van der Waals surface area contributed by atoms with Crippen molar-refractivity contribution >= 4 is 12.4 Å². The number of nitrogens with zero attached hydrogens (tertiary/aromatic N) is 1. The number of hydrogen-bond acceptors (Lipinski definition) is 5. The van der Waals surface area contributed by atoms with Crippen molar-refractivity contribution in [3.63, 3.8) is 0 Å². The number of benzene rings is 1. The average molecular weight is 351 g/mol. The molecule has 2 aliphatic heterocycles. The molecule has 2 heterocycles. The summed E-state index contributed by atoms with van der Waals surface area (Å²) in [6.45, 7) is 2.01. The summed E-state index contributed by atoms with van der Waals surface area (Å²) in [5, 5.41) is 12.3. The molecule has 1 saturated heterocycles. The van der Waals surface area contributed by atoms with Crippen LogP contribution in [0.3, 0.4) is 0 Å². The molecule has 0 aromatic heterocycles. The van der Waals surface area contributed by atoms with Gasteiger partial charge in [0.05, 0.1) is 0 Å². The van der Waals surface area contributed by atoms with E-state index in [-0.39, 0.29) is 12.4 Å². The summed E-state index contributed by atoms with van der Waals surface area (Å²) in [7, 11) is 0. The summed E-state index contributed by atoms with van der Waals surface area (Å²) in [6.07, 6.45) is 0. The fourth-order valence-electron chi connectivity index (χ4n) is 2.98. The molecule has 1 aromatic rings. The molecule has 8 heteroatoms. The summed E-state index contributed by atoms with van der Waals surface area (Å²) in [5.41, 5.74) is 0.435. The summed E-state index contributed by atoms with van der Waals surface area (Å²) >= 11 is 0. The van der Waals surface area contributed by atoms with E-state index in [1.54, 1.807) is 23.1 Å². The lowest BCUT2D eigenvalue weighted by Crippen LogP contribution is -2.51. The maximum atomic E-state index is 14.3. The number of rotatable bonds is 4. The molecule has 130 valence electrons. The lowest BCUT2D eigenvalue weighted by molar-refractivity contribution is -0.118. The minimum absolute atomic E-state index is 0. The fraction of sp³-hybridized carbons (Fsp3) is 0.600. The first-order valence-electron chi connectivity index (χ1n) is 7.45. The van der Waals surface area contributed by atoms with Crippen LogP contribution < -0.4 is 14.8 Å². The number of alkyl halides is 2. The molecular weight excluding hydrogens is 330 g/mol. The molecule has 1 atom stereocenters. The van der Waals surface area contributed by atoms with Crippen LogP contribution in [-0.2, 0) is 0 Å². The van der Waals surface area contributed by atoms with Gasteiger partial charge in [-0.1, -0.05) is 6.07 Å². The minimum Gasteiger partial charge on any atom is -0.486 e. The average Bonchev–Trinajstić information content (AvgIpc) is 2.56. The second-order valence-electron chi connectivity index (χ2n) is 5.51. The van der Waals surface area contributed by atoms with Gasteiger partial charge in [-0.3, -0.25) is 4.90 Å². The van der Waals surface area contributed by atoms with Crippen molar-refractivity contribution in [2.75, 3.05) is 46.0 Å². The van der Waals surface area contributed by atoms with Gasteiger partial charge in [-0.15, -0.1) is 12.4 Å². The number of piperazine rings is 1. The Kier molecular flexibility index (Phi) is 6.02. The van der Waals surface area contributed by atoms with Gasteiger partial charge in [0.15, 0.2) is 11.5 Å². The van der Waals surface area contributed by atoms with E-state index >= 15 is 0 Å². The lowest BCUT2D eigenvalue weighted by Gasteiger charge is -2.39. The first-order valence-corrected chi connectivity index (χ1v) is 7.45. The van der Waals surface area contributed by atoms with Crippen LogP contribution in [-0.4, -0.2) is 61.9 Å². The zero-order chi connectivity index (χ0) is 15.6. The lowest BCUT2D eigenvalue weighted by atomic mass is 9.97. The van der Waals surface area contributed by atoms with Gasteiger partial charge in [0.25, 0.3) is 5.92 Å². The maximum Gasteiger partial charge on any atom is 0.289 e. The molecule has 23 heavy (non-hydrogen) atoms. The van der Waals surface area contributed by atoms with E-state index in [2.05, 4.69) is 5.32 Å².